The van der Waals surface area contributed by atoms with Gasteiger partial charge in [-0.15, -0.1) is 0 Å². The quantitative estimate of drug-likeness (QED) is 0.329. The molecular formula is C21H31N3O5. The summed E-state index contributed by atoms with van der Waals surface area (Å²) in [7, 11) is 0. The lowest BCUT2D eigenvalue weighted by atomic mass is 10.0. The second kappa shape index (κ2) is 11.4. The van der Waals surface area contributed by atoms with Crippen LogP contribution in [0.5, 0.6) is 5.75 Å². The Morgan fingerprint density at radius 2 is 1.83 bits per heavy atom. The molecule has 0 radical (unpaired) electrons. The van der Waals surface area contributed by atoms with Crippen molar-refractivity contribution in [1.29, 1.82) is 0 Å². The molecule has 1 atom stereocenters. The van der Waals surface area contributed by atoms with Crippen molar-refractivity contribution in [2.24, 2.45) is 11.7 Å². The zero-order valence-corrected chi connectivity index (χ0v) is 16.7. The number of benzene rings is 1. The standard InChI is InChI=1S/C21H31N3O5/c22-21(28)18(23-19(26)7-3-6-15-4-1-2-5-15)14-20(27)24(29)13-12-16-8-10-17(25)11-9-16/h8-11,15,18,25,29H,1-7,12-14H2,(H2,22,28)(H,23,26)/t18-/m1/s1. The van der Waals surface area contributed by atoms with Crippen molar-refractivity contribution < 1.29 is 24.7 Å². The van der Waals surface area contributed by atoms with Gasteiger partial charge in [0.05, 0.1) is 13.0 Å². The first-order chi connectivity index (χ1) is 13.8. The Kier molecular flexibility index (Phi) is 8.92. The summed E-state index contributed by atoms with van der Waals surface area (Å²) in [4.78, 5) is 35.9. The van der Waals surface area contributed by atoms with E-state index in [9.17, 15) is 24.7 Å². The van der Waals surface area contributed by atoms with Gasteiger partial charge in [-0.3, -0.25) is 19.6 Å². The zero-order chi connectivity index (χ0) is 21.2. The second-order valence-electron chi connectivity index (χ2n) is 7.70. The number of hydrogen-bond acceptors (Lipinski definition) is 5. The molecule has 1 aromatic rings. The van der Waals surface area contributed by atoms with Crippen molar-refractivity contribution >= 4 is 17.7 Å². The monoisotopic (exact) mass is 405 g/mol. The first-order valence-corrected chi connectivity index (χ1v) is 10.2. The lowest BCUT2D eigenvalue weighted by Gasteiger charge is -2.19. The van der Waals surface area contributed by atoms with Crippen molar-refractivity contribution in [1.82, 2.24) is 10.4 Å². The number of nitrogens with zero attached hydrogens (tertiary/aromatic N) is 1. The Hall–Kier alpha value is -2.61. The molecule has 1 saturated carbocycles. The highest BCUT2D eigenvalue weighted by Gasteiger charge is 2.24. The summed E-state index contributed by atoms with van der Waals surface area (Å²) >= 11 is 0. The molecule has 0 unspecified atom stereocenters. The molecule has 0 heterocycles. The van der Waals surface area contributed by atoms with Crippen LogP contribution in [0.2, 0.25) is 0 Å². The Balaban J connectivity index is 1.73. The number of phenolic OH excluding ortho intramolecular Hbond substituents is 1. The van der Waals surface area contributed by atoms with Crippen molar-refractivity contribution in [3.8, 4) is 5.75 Å². The number of hydrogen-bond donors (Lipinski definition) is 4. The number of carbonyl (C=O) groups is 3. The molecule has 0 spiro atoms. The SMILES string of the molecule is NC(=O)[C@@H](CC(=O)N(O)CCc1ccc(O)cc1)NC(=O)CCCC1CCCC1. The van der Waals surface area contributed by atoms with E-state index in [-0.39, 0.29) is 24.6 Å². The molecule has 0 aromatic heterocycles. The van der Waals surface area contributed by atoms with Gasteiger partial charge in [0.1, 0.15) is 11.8 Å². The molecule has 1 aliphatic carbocycles. The lowest BCUT2D eigenvalue weighted by molar-refractivity contribution is -0.166. The van der Waals surface area contributed by atoms with Gasteiger partial charge in [0.2, 0.25) is 17.7 Å². The van der Waals surface area contributed by atoms with E-state index < -0.39 is 24.3 Å². The van der Waals surface area contributed by atoms with Crippen molar-refractivity contribution in [2.45, 2.75) is 63.8 Å². The fourth-order valence-corrected chi connectivity index (χ4v) is 3.64. The van der Waals surface area contributed by atoms with E-state index in [1.165, 1.54) is 37.8 Å². The number of carbonyl (C=O) groups excluding carboxylic acids is 3. The first-order valence-electron chi connectivity index (χ1n) is 10.2. The van der Waals surface area contributed by atoms with Gasteiger partial charge in [-0.2, -0.15) is 0 Å². The summed E-state index contributed by atoms with van der Waals surface area (Å²) in [5.41, 5.74) is 6.14. The van der Waals surface area contributed by atoms with Crippen LogP contribution in [0.25, 0.3) is 0 Å². The van der Waals surface area contributed by atoms with Crippen LogP contribution >= 0.6 is 0 Å². The van der Waals surface area contributed by atoms with Crippen LogP contribution < -0.4 is 11.1 Å². The third kappa shape index (κ3) is 8.11. The van der Waals surface area contributed by atoms with E-state index in [0.717, 1.165) is 18.4 Å². The Morgan fingerprint density at radius 1 is 1.17 bits per heavy atom. The third-order valence-electron chi connectivity index (χ3n) is 5.38. The Bertz CT molecular complexity index is 686. The summed E-state index contributed by atoms with van der Waals surface area (Å²) in [6.07, 6.45) is 6.96. The molecule has 8 heteroatoms. The van der Waals surface area contributed by atoms with Gasteiger partial charge in [0.15, 0.2) is 0 Å². The molecule has 8 nitrogen and oxygen atoms in total. The van der Waals surface area contributed by atoms with E-state index in [0.29, 0.717) is 17.4 Å². The van der Waals surface area contributed by atoms with E-state index >= 15 is 0 Å². The minimum Gasteiger partial charge on any atom is -0.508 e. The third-order valence-corrected chi connectivity index (χ3v) is 5.38. The molecule has 1 fully saturated rings. The van der Waals surface area contributed by atoms with Crippen molar-refractivity contribution in [3.05, 3.63) is 29.8 Å². The number of amides is 3. The molecule has 1 aromatic carbocycles. The highest BCUT2D eigenvalue weighted by Crippen LogP contribution is 2.28. The number of nitrogens with one attached hydrogen (secondary N) is 1. The van der Waals surface area contributed by atoms with Crippen LogP contribution in [0.3, 0.4) is 0 Å². The second-order valence-corrected chi connectivity index (χ2v) is 7.70. The molecule has 0 saturated heterocycles. The van der Waals surface area contributed by atoms with E-state index in [4.69, 9.17) is 5.73 Å². The van der Waals surface area contributed by atoms with Crippen LogP contribution in [0.15, 0.2) is 24.3 Å². The largest absolute Gasteiger partial charge is 0.508 e. The van der Waals surface area contributed by atoms with E-state index in [1.807, 2.05) is 0 Å². The van der Waals surface area contributed by atoms with Gasteiger partial charge >= 0.3 is 0 Å². The summed E-state index contributed by atoms with van der Waals surface area (Å²) in [6.45, 7) is 0.0183. The average molecular weight is 405 g/mol. The van der Waals surface area contributed by atoms with Gasteiger partial charge in [-0.1, -0.05) is 37.8 Å². The predicted molar refractivity (Wildman–Crippen MR) is 107 cm³/mol. The highest BCUT2D eigenvalue weighted by molar-refractivity contribution is 5.90. The zero-order valence-electron chi connectivity index (χ0n) is 16.7. The smallest absolute Gasteiger partial charge is 0.248 e. The summed E-state index contributed by atoms with van der Waals surface area (Å²) < 4.78 is 0. The van der Waals surface area contributed by atoms with Gasteiger partial charge in [-0.25, -0.2) is 5.06 Å². The topological polar surface area (TPSA) is 133 Å². The number of rotatable bonds is 11. The minimum absolute atomic E-state index is 0.0183. The van der Waals surface area contributed by atoms with Crippen LogP contribution in [0, 0.1) is 5.92 Å². The van der Waals surface area contributed by atoms with Crippen LogP contribution in [0.1, 0.15) is 56.9 Å². The van der Waals surface area contributed by atoms with Gasteiger partial charge in [0, 0.05) is 6.42 Å². The van der Waals surface area contributed by atoms with Crippen LogP contribution in [-0.2, 0) is 20.8 Å². The summed E-state index contributed by atoms with van der Waals surface area (Å²) in [6, 6.07) is 5.26. The Labute approximate surface area is 171 Å². The number of aromatic hydroxyl groups is 1. The van der Waals surface area contributed by atoms with Crippen LogP contribution in [-0.4, -0.2) is 45.7 Å². The predicted octanol–water partition coefficient (Wildman–Crippen LogP) is 1.87. The molecule has 5 N–H and O–H groups in total. The molecule has 0 aliphatic heterocycles. The maximum absolute atomic E-state index is 12.2. The van der Waals surface area contributed by atoms with Gasteiger partial charge in [-0.05, 0) is 42.9 Å². The van der Waals surface area contributed by atoms with Crippen molar-refractivity contribution in [3.63, 3.8) is 0 Å². The molecule has 1 aliphatic rings. The minimum atomic E-state index is -1.15. The van der Waals surface area contributed by atoms with E-state index in [2.05, 4.69) is 5.32 Å². The highest BCUT2D eigenvalue weighted by atomic mass is 16.5. The fraction of sp³-hybridized carbons (Fsp3) is 0.571. The van der Waals surface area contributed by atoms with Gasteiger partial charge in [0.25, 0.3) is 0 Å². The maximum Gasteiger partial charge on any atom is 0.248 e. The molecule has 3 amide bonds. The average Bonchev–Trinajstić information content (AvgIpc) is 3.20. The van der Waals surface area contributed by atoms with Gasteiger partial charge < -0.3 is 16.2 Å². The molecule has 29 heavy (non-hydrogen) atoms. The lowest BCUT2D eigenvalue weighted by Crippen LogP contribution is -2.47. The fourth-order valence-electron chi connectivity index (χ4n) is 3.64. The van der Waals surface area contributed by atoms with Crippen molar-refractivity contribution in [2.75, 3.05) is 6.54 Å². The number of primary amides is 1. The normalized spacial score (nSPS) is 15.1. The van der Waals surface area contributed by atoms with E-state index in [1.54, 1.807) is 12.1 Å². The Morgan fingerprint density at radius 3 is 2.45 bits per heavy atom. The first kappa shape index (κ1) is 22.7. The summed E-state index contributed by atoms with van der Waals surface area (Å²) in [5, 5.41) is 22.2. The van der Waals surface area contributed by atoms with Crippen LogP contribution in [0.4, 0.5) is 0 Å². The molecular weight excluding hydrogens is 374 g/mol. The molecule has 0 bridgehead atoms. The maximum atomic E-state index is 12.2. The molecule has 160 valence electrons. The summed E-state index contributed by atoms with van der Waals surface area (Å²) in [5.74, 6) is -0.997. The molecule has 2 rings (SSSR count). The number of phenols is 1. The number of nitrogens with two attached hydrogens (primary N) is 1. The number of hydroxylamine groups is 2.